The van der Waals surface area contributed by atoms with Crippen molar-refractivity contribution >= 4 is 5.91 Å². The number of nitrogens with one attached hydrogen (secondary N) is 1. The van der Waals surface area contributed by atoms with Gasteiger partial charge in [-0.3, -0.25) is 4.79 Å². The lowest BCUT2D eigenvalue weighted by molar-refractivity contribution is -0.129. The standard InChI is InChI=1S/C12H22N2O/c1-3-5-13-11-4-6-14(12(11)15)8-10-7-9(10)2/h9-11,13H,3-8H2,1-2H3. The van der Waals surface area contributed by atoms with E-state index in [1.807, 2.05) is 0 Å². The van der Waals surface area contributed by atoms with E-state index in [2.05, 4.69) is 24.1 Å². The number of hydrogen-bond acceptors (Lipinski definition) is 2. The summed E-state index contributed by atoms with van der Waals surface area (Å²) in [5, 5.41) is 3.32. The average Bonchev–Trinajstić information content (AvgIpc) is 2.80. The maximum absolute atomic E-state index is 11.9. The van der Waals surface area contributed by atoms with Crippen LogP contribution >= 0.6 is 0 Å². The van der Waals surface area contributed by atoms with E-state index in [-0.39, 0.29) is 6.04 Å². The van der Waals surface area contributed by atoms with E-state index < -0.39 is 0 Å². The molecule has 1 amide bonds. The van der Waals surface area contributed by atoms with Gasteiger partial charge in [-0.25, -0.2) is 0 Å². The number of carbonyl (C=O) groups excluding carboxylic acids is 1. The molecule has 86 valence electrons. The molecule has 15 heavy (non-hydrogen) atoms. The van der Waals surface area contributed by atoms with E-state index in [4.69, 9.17) is 0 Å². The third-order valence-electron chi connectivity index (χ3n) is 3.67. The van der Waals surface area contributed by atoms with Gasteiger partial charge in [0.2, 0.25) is 5.91 Å². The van der Waals surface area contributed by atoms with Gasteiger partial charge in [0.15, 0.2) is 0 Å². The second-order valence-corrected chi connectivity index (χ2v) is 5.05. The van der Waals surface area contributed by atoms with Crippen LogP contribution in [-0.2, 0) is 4.79 Å². The summed E-state index contributed by atoms with van der Waals surface area (Å²) < 4.78 is 0. The normalized spacial score (nSPS) is 34.9. The first kappa shape index (κ1) is 10.9. The van der Waals surface area contributed by atoms with E-state index in [1.54, 1.807) is 0 Å². The number of rotatable bonds is 5. The second-order valence-electron chi connectivity index (χ2n) is 5.05. The molecule has 1 saturated carbocycles. The van der Waals surface area contributed by atoms with Crippen molar-refractivity contribution < 1.29 is 4.79 Å². The molecular formula is C12H22N2O. The lowest BCUT2D eigenvalue weighted by Gasteiger charge is -2.16. The minimum atomic E-state index is 0.110. The minimum Gasteiger partial charge on any atom is -0.341 e. The molecule has 1 saturated heterocycles. The molecule has 0 bridgehead atoms. The van der Waals surface area contributed by atoms with Crippen molar-refractivity contribution in [3.63, 3.8) is 0 Å². The summed E-state index contributed by atoms with van der Waals surface area (Å²) >= 11 is 0. The number of carbonyl (C=O) groups is 1. The largest absolute Gasteiger partial charge is 0.341 e. The Balaban J connectivity index is 1.76. The highest BCUT2D eigenvalue weighted by molar-refractivity contribution is 5.84. The SMILES string of the molecule is CCCNC1CCN(CC2CC2C)C1=O. The van der Waals surface area contributed by atoms with Gasteiger partial charge < -0.3 is 10.2 Å². The molecule has 0 aromatic heterocycles. The maximum Gasteiger partial charge on any atom is 0.239 e. The molecule has 3 heteroatoms. The van der Waals surface area contributed by atoms with Crippen molar-refractivity contribution in [3.8, 4) is 0 Å². The molecule has 0 spiro atoms. The van der Waals surface area contributed by atoms with Crippen molar-refractivity contribution in [1.82, 2.24) is 10.2 Å². The van der Waals surface area contributed by atoms with Crippen LogP contribution in [0.2, 0.25) is 0 Å². The van der Waals surface area contributed by atoms with Gasteiger partial charge in [0.1, 0.15) is 0 Å². The van der Waals surface area contributed by atoms with Crippen LogP contribution in [-0.4, -0.2) is 36.5 Å². The van der Waals surface area contributed by atoms with Crippen LogP contribution in [0.15, 0.2) is 0 Å². The Bertz CT molecular complexity index is 242. The minimum absolute atomic E-state index is 0.110. The predicted molar refractivity (Wildman–Crippen MR) is 60.5 cm³/mol. The molecule has 2 aliphatic rings. The Kier molecular flexibility index (Phi) is 3.29. The first-order valence-electron chi connectivity index (χ1n) is 6.24. The van der Waals surface area contributed by atoms with E-state index in [0.29, 0.717) is 5.91 Å². The van der Waals surface area contributed by atoms with Gasteiger partial charge in [0, 0.05) is 13.1 Å². The van der Waals surface area contributed by atoms with E-state index in [1.165, 1.54) is 6.42 Å². The number of hydrogen-bond donors (Lipinski definition) is 1. The fourth-order valence-corrected chi connectivity index (χ4v) is 2.36. The first-order chi connectivity index (χ1) is 7.22. The first-order valence-corrected chi connectivity index (χ1v) is 6.24. The second kappa shape index (κ2) is 4.52. The highest BCUT2D eigenvalue weighted by Crippen LogP contribution is 2.38. The fourth-order valence-electron chi connectivity index (χ4n) is 2.36. The van der Waals surface area contributed by atoms with Crippen LogP contribution in [0.5, 0.6) is 0 Å². The molecular weight excluding hydrogens is 188 g/mol. The van der Waals surface area contributed by atoms with E-state index in [0.717, 1.165) is 44.3 Å². The van der Waals surface area contributed by atoms with Crippen LogP contribution in [0.3, 0.4) is 0 Å². The smallest absolute Gasteiger partial charge is 0.239 e. The van der Waals surface area contributed by atoms with Crippen molar-refractivity contribution in [2.24, 2.45) is 11.8 Å². The quantitative estimate of drug-likeness (QED) is 0.740. The van der Waals surface area contributed by atoms with Crippen LogP contribution in [0.1, 0.15) is 33.1 Å². The predicted octanol–water partition coefficient (Wildman–Crippen LogP) is 1.24. The summed E-state index contributed by atoms with van der Waals surface area (Å²) in [7, 11) is 0. The summed E-state index contributed by atoms with van der Waals surface area (Å²) in [4.78, 5) is 14.0. The van der Waals surface area contributed by atoms with Gasteiger partial charge in [-0.15, -0.1) is 0 Å². The van der Waals surface area contributed by atoms with Crippen molar-refractivity contribution in [2.75, 3.05) is 19.6 Å². The molecule has 1 aliphatic carbocycles. The molecule has 3 nitrogen and oxygen atoms in total. The zero-order chi connectivity index (χ0) is 10.8. The summed E-state index contributed by atoms with van der Waals surface area (Å²) in [6, 6.07) is 0.110. The third kappa shape index (κ3) is 2.51. The van der Waals surface area contributed by atoms with Gasteiger partial charge in [-0.05, 0) is 37.6 Å². The number of likely N-dealkylation sites (tertiary alicyclic amines) is 1. The Labute approximate surface area is 92.2 Å². The zero-order valence-electron chi connectivity index (χ0n) is 9.83. The molecule has 3 atom stereocenters. The lowest BCUT2D eigenvalue weighted by Crippen LogP contribution is -2.39. The Morgan fingerprint density at radius 3 is 2.87 bits per heavy atom. The maximum atomic E-state index is 11.9. The topological polar surface area (TPSA) is 32.3 Å². The summed E-state index contributed by atoms with van der Waals surface area (Å²) in [6.45, 7) is 7.34. The molecule has 0 aromatic rings. The summed E-state index contributed by atoms with van der Waals surface area (Å²) in [5.74, 6) is 1.97. The van der Waals surface area contributed by atoms with Gasteiger partial charge in [-0.2, -0.15) is 0 Å². The van der Waals surface area contributed by atoms with Crippen LogP contribution in [0.25, 0.3) is 0 Å². The highest BCUT2D eigenvalue weighted by Gasteiger charge is 2.38. The molecule has 1 N–H and O–H groups in total. The summed E-state index contributed by atoms with van der Waals surface area (Å²) in [5.41, 5.74) is 0. The van der Waals surface area contributed by atoms with Crippen LogP contribution < -0.4 is 5.32 Å². The Morgan fingerprint density at radius 2 is 2.27 bits per heavy atom. The van der Waals surface area contributed by atoms with Crippen molar-refractivity contribution in [1.29, 1.82) is 0 Å². The molecule has 1 heterocycles. The van der Waals surface area contributed by atoms with E-state index >= 15 is 0 Å². The fraction of sp³-hybridized carbons (Fsp3) is 0.917. The van der Waals surface area contributed by atoms with Crippen LogP contribution in [0.4, 0.5) is 0 Å². The molecule has 1 aliphatic heterocycles. The number of nitrogens with zero attached hydrogens (tertiary/aromatic N) is 1. The Hall–Kier alpha value is -0.570. The molecule has 2 rings (SSSR count). The molecule has 0 radical (unpaired) electrons. The van der Waals surface area contributed by atoms with Gasteiger partial charge in [-0.1, -0.05) is 13.8 Å². The van der Waals surface area contributed by atoms with Gasteiger partial charge >= 0.3 is 0 Å². The van der Waals surface area contributed by atoms with E-state index in [9.17, 15) is 4.79 Å². The van der Waals surface area contributed by atoms with Gasteiger partial charge in [0.05, 0.1) is 6.04 Å². The average molecular weight is 210 g/mol. The molecule has 3 unspecified atom stereocenters. The zero-order valence-corrected chi connectivity index (χ0v) is 9.83. The third-order valence-corrected chi connectivity index (χ3v) is 3.67. The van der Waals surface area contributed by atoms with Gasteiger partial charge in [0.25, 0.3) is 0 Å². The highest BCUT2D eigenvalue weighted by atomic mass is 16.2. The molecule has 0 aromatic carbocycles. The molecule has 2 fully saturated rings. The monoisotopic (exact) mass is 210 g/mol. The Morgan fingerprint density at radius 1 is 1.53 bits per heavy atom. The lowest BCUT2D eigenvalue weighted by atomic mass is 10.2. The van der Waals surface area contributed by atoms with Crippen molar-refractivity contribution in [2.45, 2.75) is 39.2 Å². The number of amides is 1. The van der Waals surface area contributed by atoms with Crippen LogP contribution in [0, 0.1) is 11.8 Å². The summed E-state index contributed by atoms with van der Waals surface area (Å²) in [6.07, 6.45) is 3.42. The van der Waals surface area contributed by atoms with Crippen molar-refractivity contribution in [3.05, 3.63) is 0 Å².